The van der Waals surface area contributed by atoms with Gasteiger partial charge in [0.2, 0.25) is 0 Å². The van der Waals surface area contributed by atoms with Gasteiger partial charge in [-0.05, 0) is 41.2 Å². The Hall–Kier alpha value is -5.26. The van der Waals surface area contributed by atoms with E-state index in [0.717, 1.165) is 55.8 Å². The topological polar surface area (TPSA) is 42.8 Å². The molecule has 0 fully saturated rings. The van der Waals surface area contributed by atoms with Crippen LogP contribution in [0.3, 0.4) is 0 Å². The number of hydrogen-bond acceptors (Lipinski definition) is 5. The summed E-state index contributed by atoms with van der Waals surface area (Å²) in [4.78, 5) is 8.73. The molecule has 2 aromatic heterocycles. The molecule has 0 amide bonds. The molecule has 0 radical (unpaired) electrons. The molecule has 7 aromatic rings. The number of aromatic nitrogens is 2. The van der Waals surface area contributed by atoms with Crippen molar-refractivity contribution in [3.63, 3.8) is 0 Å². The first-order valence-electron chi connectivity index (χ1n) is 14.8. The first-order valence-corrected chi connectivity index (χ1v) is 14.8. The molecule has 0 bridgehead atoms. The van der Waals surface area contributed by atoms with Gasteiger partial charge in [0.15, 0.2) is 5.88 Å². The summed E-state index contributed by atoms with van der Waals surface area (Å²) in [5.41, 5.74) is 5.96. The third kappa shape index (κ3) is 4.75. The third-order valence-electron chi connectivity index (χ3n) is 8.23. The molecule has 0 N–H and O–H groups in total. The quantitative estimate of drug-likeness (QED) is 0.140. The summed E-state index contributed by atoms with van der Waals surface area (Å²) in [5, 5.41) is 2.23. The Morgan fingerprint density at radius 2 is 1.46 bits per heavy atom. The van der Waals surface area contributed by atoms with Gasteiger partial charge >= 0.3 is 6.92 Å². The van der Waals surface area contributed by atoms with Gasteiger partial charge in [0.25, 0.3) is 0 Å². The number of pyridine rings is 1. The van der Waals surface area contributed by atoms with Crippen molar-refractivity contribution < 1.29 is 30.5 Å². The number of para-hydroxylation sites is 2. The van der Waals surface area contributed by atoms with Gasteiger partial charge in [0, 0.05) is 56.2 Å². The molecular weight excluding hydrogens is 750 g/mol. The van der Waals surface area contributed by atoms with Crippen molar-refractivity contribution >= 4 is 51.0 Å². The van der Waals surface area contributed by atoms with Gasteiger partial charge in [0.05, 0.1) is 0 Å². The number of rotatable bonds is 5. The largest absolute Gasteiger partial charge is 0.553 e. The van der Waals surface area contributed by atoms with Crippen LogP contribution in [0.15, 0.2) is 146 Å². The van der Waals surface area contributed by atoms with Crippen molar-refractivity contribution in [3.8, 4) is 17.3 Å². The molecule has 0 unspecified atom stereocenters. The van der Waals surface area contributed by atoms with E-state index in [1.165, 1.54) is 0 Å². The van der Waals surface area contributed by atoms with E-state index in [1.807, 2.05) is 96.8 Å². The van der Waals surface area contributed by atoms with Crippen molar-refractivity contribution in [2.24, 2.45) is 0 Å². The zero-order valence-corrected chi connectivity index (χ0v) is 26.6. The van der Waals surface area contributed by atoms with Crippen molar-refractivity contribution in [2.75, 3.05) is 9.80 Å². The average molecular weight is 775 g/mol. The minimum Gasteiger partial charge on any atom is -0.553 e. The third-order valence-corrected chi connectivity index (χ3v) is 8.23. The average Bonchev–Trinajstić information content (AvgIpc) is 3.69. The van der Waals surface area contributed by atoms with Crippen LogP contribution >= 0.6 is 0 Å². The molecule has 0 spiro atoms. The van der Waals surface area contributed by atoms with Crippen molar-refractivity contribution in [1.82, 2.24) is 9.55 Å². The maximum absolute atomic E-state index is 6.60. The van der Waals surface area contributed by atoms with Crippen LogP contribution < -0.4 is 25.5 Å². The Kier molecular flexibility index (Phi) is 7.11. The minimum atomic E-state index is -0.282. The van der Waals surface area contributed by atoms with Gasteiger partial charge in [-0.25, -0.2) is 4.98 Å². The molecule has 9 rings (SSSR count). The number of anilines is 2. The molecule has 4 heterocycles. The summed E-state index contributed by atoms with van der Waals surface area (Å²) in [6.45, 7) is 1.74. The van der Waals surface area contributed by atoms with Crippen LogP contribution in [-0.4, -0.2) is 16.5 Å². The second-order valence-corrected chi connectivity index (χ2v) is 11.0. The van der Waals surface area contributed by atoms with E-state index in [1.54, 1.807) is 0 Å². The van der Waals surface area contributed by atoms with Crippen molar-refractivity contribution in [3.05, 3.63) is 164 Å². The van der Waals surface area contributed by atoms with Gasteiger partial charge in [0.1, 0.15) is 5.82 Å². The monoisotopic (exact) mass is 774 g/mol. The van der Waals surface area contributed by atoms with Gasteiger partial charge < -0.3 is 23.8 Å². The smallest absolute Gasteiger partial charge is 0.359 e. The van der Waals surface area contributed by atoms with Crippen LogP contribution in [0.2, 0.25) is 0 Å². The summed E-state index contributed by atoms with van der Waals surface area (Å²) < 4.78 is 15.2. The van der Waals surface area contributed by atoms with Crippen LogP contribution in [-0.2, 0) is 25.7 Å². The number of nitrogens with zero attached hydrogens (tertiary/aromatic N) is 4. The summed E-state index contributed by atoms with van der Waals surface area (Å²) in [7, 11) is 0. The number of fused-ring (bicyclic) bond motifs is 6. The second kappa shape index (κ2) is 11.6. The maximum atomic E-state index is 6.60. The van der Waals surface area contributed by atoms with Crippen LogP contribution in [0.25, 0.3) is 27.6 Å². The molecule has 6 nitrogen and oxygen atoms in total. The Bertz CT molecular complexity index is 2220. The number of hydrogen-bond donors (Lipinski definition) is 0. The van der Waals surface area contributed by atoms with E-state index in [4.69, 9.17) is 9.39 Å². The predicted molar refractivity (Wildman–Crippen MR) is 179 cm³/mol. The summed E-state index contributed by atoms with van der Waals surface area (Å²) in [5.74, 6) is 2.74. The van der Waals surface area contributed by atoms with Gasteiger partial charge in [-0.15, -0.1) is 41.8 Å². The maximum Gasteiger partial charge on any atom is 0.359 e. The predicted octanol–water partition coefficient (Wildman–Crippen LogP) is 6.95. The summed E-state index contributed by atoms with van der Waals surface area (Å²) >= 11 is 0. The zero-order chi connectivity index (χ0) is 29.7. The molecule has 0 atom stereocenters. The SMILES string of the molecule is [Pt].[c-]1c(Oc2[c-]c3c(cc2)c2ccccc2n3-c2ccccn2)ccc2c1N1[CH-]N(c3ccccc3)C=C1OB2c1ccccc1. The fraction of sp³-hybridized carbons (Fsp3) is 0. The Balaban J connectivity index is 0.00000312. The van der Waals surface area contributed by atoms with E-state index in [0.29, 0.717) is 11.5 Å². The number of ether oxygens (including phenoxy) is 1. The minimum absolute atomic E-state index is 0. The van der Waals surface area contributed by atoms with Gasteiger partial charge in [-0.2, -0.15) is 12.1 Å². The first kappa shape index (κ1) is 28.2. The summed E-state index contributed by atoms with van der Waals surface area (Å²) in [6.07, 6.45) is 3.81. The molecule has 46 heavy (non-hydrogen) atoms. The van der Waals surface area contributed by atoms with E-state index in [2.05, 4.69) is 81.2 Å². The van der Waals surface area contributed by atoms with Crippen LogP contribution in [0.1, 0.15) is 0 Å². The molecule has 0 saturated heterocycles. The van der Waals surface area contributed by atoms with Crippen LogP contribution in [0.4, 0.5) is 11.4 Å². The molecule has 0 aliphatic carbocycles. The molecule has 8 heteroatoms. The first-order chi connectivity index (χ1) is 22.3. The Morgan fingerprint density at radius 3 is 2.28 bits per heavy atom. The summed E-state index contributed by atoms with van der Waals surface area (Å²) in [6, 6.07) is 49.9. The molecule has 5 aromatic carbocycles. The van der Waals surface area contributed by atoms with E-state index in [-0.39, 0.29) is 28.0 Å². The zero-order valence-electron chi connectivity index (χ0n) is 24.4. The van der Waals surface area contributed by atoms with E-state index in [9.17, 15) is 0 Å². The van der Waals surface area contributed by atoms with Gasteiger partial charge in [-0.1, -0.05) is 84.0 Å². The van der Waals surface area contributed by atoms with Gasteiger partial charge in [-0.3, -0.25) is 0 Å². The molecule has 0 saturated carbocycles. The van der Waals surface area contributed by atoms with Crippen LogP contribution in [0.5, 0.6) is 11.5 Å². The molecule has 224 valence electrons. The normalized spacial score (nSPS) is 13.6. The Labute approximate surface area is 281 Å². The Morgan fingerprint density at radius 1 is 0.717 bits per heavy atom. The fourth-order valence-electron chi connectivity index (χ4n) is 6.17. The standard InChI is InChI=1S/C38H24BN4O2.Pt/c1-3-11-27(12-4-1)39-33-21-19-30(24-36(33)42-26-41(25-38(42)45-39)28-13-5-2-6-14-28)44-29-18-20-32-31-15-7-8-16-34(31)43(35(32)23-29)37-17-9-10-22-40-37;/h1-22,25-26H;/q-3;. The number of benzene rings is 5. The van der Waals surface area contributed by atoms with E-state index >= 15 is 0 Å². The second-order valence-electron chi connectivity index (χ2n) is 11.0. The molecular formula is C38H24BN4O2Pt-3. The molecule has 2 aliphatic heterocycles. The molecule has 2 aliphatic rings. The van der Waals surface area contributed by atoms with Crippen molar-refractivity contribution in [1.29, 1.82) is 0 Å². The van der Waals surface area contributed by atoms with E-state index < -0.39 is 0 Å². The van der Waals surface area contributed by atoms with Crippen molar-refractivity contribution in [2.45, 2.75) is 0 Å². The fourth-order valence-corrected chi connectivity index (χ4v) is 6.17. The van der Waals surface area contributed by atoms with Crippen LogP contribution in [0, 0.1) is 18.8 Å².